The molecule has 6 N–H and O–H groups in total. The van der Waals surface area contributed by atoms with E-state index in [1.807, 2.05) is 0 Å². The van der Waals surface area contributed by atoms with E-state index in [0.717, 1.165) is 6.07 Å². The molecule has 0 atom stereocenters. The smallest absolute Gasteiger partial charge is 0.294 e. The Hall–Kier alpha value is -6.03. The van der Waals surface area contributed by atoms with E-state index in [2.05, 4.69) is 15.0 Å². The lowest BCUT2D eigenvalue weighted by atomic mass is 10.1. The lowest BCUT2D eigenvalue weighted by Gasteiger charge is -2.02. The van der Waals surface area contributed by atoms with E-state index in [1.54, 1.807) is 24.3 Å². The summed E-state index contributed by atoms with van der Waals surface area (Å²) in [5.74, 6) is 0.419. The van der Waals surface area contributed by atoms with Gasteiger partial charge in [0.1, 0.15) is 22.6 Å². The van der Waals surface area contributed by atoms with Crippen LogP contribution in [-0.4, -0.2) is 74.2 Å². The number of nitrogens with zero attached hydrogens (tertiary/aromatic N) is 6. The monoisotopic (exact) mass is 753 g/mol. The summed E-state index contributed by atoms with van der Waals surface area (Å²) in [6, 6.07) is 18.8. The van der Waals surface area contributed by atoms with Gasteiger partial charge in [0.05, 0.1) is 14.7 Å². The Labute approximate surface area is 291 Å². The molecule has 0 saturated carbocycles. The molecule has 0 aliphatic carbocycles. The molecule has 9 rings (SSSR count). The molecular formula is C32H19N9O8S3. The van der Waals surface area contributed by atoms with Crippen LogP contribution in [0, 0.1) is 0 Å². The molecule has 2 aliphatic heterocycles. The second-order valence-corrected chi connectivity index (χ2v) is 16.2. The molecule has 4 aromatic carbocycles. The molecule has 2 aliphatic rings. The molecule has 17 nitrogen and oxygen atoms in total. The Morgan fingerprint density at radius 1 is 0.442 bits per heavy atom. The highest BCUT2D eigenvalue weighted by Crippen LogP contribution is 2.38. The van der Waals surface area contributed by atoms with Crippen LogP contribution in [-0.2, 0) is 30.3 Å². The summed E-state index contributed by atoms with van der Waals surface area (Å²) >= 11 is 0. The minimum atomic E-state index is -4.67. The SMILES string of the molecule is NS(=O)(=O)c1ccc2c3nc4nc(nc5[nH]c(nc6nc(nc([nH]3)c2c1)-c1ccccc1-6)c1ccc(S(=O)(=O)O)cc51)-c1ccc(S(=O)(=O)O)cc1-4. The van der Waals surface area contributed by atoms with Gasteiger partial charge in [0.25, 0.3) is 20.2 Å². The maximum Gasteiger partial charge on any atom is 0.294 e. The summed E-state index contributed by atoms with van der Waals surface area (Å²) in [6.45, 7) is 0. The van der Waals surface area contributed by atoms with Gasteiger partial charge >= 0.3 is 0 Å². The van der Waals surface area contributed by atoms with Crippen molar-refractivity contribution in [2.75, 3.05) is 0 Å². The zero-order chi connectivity index (χ0) is 36.3. The minimum absolute atomic E-state index is 0.0196. The topological polar surface area (TPSA) is 278 Å². The van der Waals surface area contributed by atoms with Crippen molar-refractivity contribution in [2.24, 2.45) is 5.14 Å². The molecule has 0 spiro atoms. The van der Waals surface area contributed by atoms with Gasteiger partial charge in [0.2, 0.25) is 10.0 Å². The fourth-order valence-corrected chi connectivity index (χ4v) is 7.73. The summed E-state index contributed by atoms with van der Waals surface area (Å²) in [5.41, 5.74) is 2.27. The van der Waals surface area contributed by atoms with E-state index in [9.17, 15) is 34.4 Å². The largest absolute Gasteiger partial charge is 0.324 e. The summed E-state index contributed by atoms with van der Waals surface area (Å²) in [7, 11) is -13.4. The van der Waals surface area contributed by atoms with Crippen LogP contribution in [0.2, 0.25) is 0 Å². The van der Waals surface area contributed by atoms with Crippen LogP contribution in [0.3, 0.4) is 0 Å². The van der Waals surface area contributed by atoms with E-state index in [-0.39, 0.29) is 61.7 Å². The van der Waals surface area contributed by atoms with Crippen molar-refractivity contribution in [3.8, 4) is 45.6 Å². The van der Waals surface area contributed by atoms with Crippen LogP contribution in [0.4, 0.5) is 0 Å². The van der Waals surface area contributed by atoms with Crippen molar-refractivity contribution in [1.29, 1.82) is 0 Å². The number of aromatic nitrogens is 8. The highest BCUT2D eigenvalue weighted by atomic mass is 32.2. The average molecular weight is 754 g/mol. The number of H-pyrrole nitrogens is 2. The molecule has 0 unspecified atom stereocenters. The molecule has 258 valence electrons. The van der Waals surface area contributed by atoms with Gasteiger partial charge in [0.15, 0.2) is 23.3 Å². The first-order valence-corrected chi connectivity index (χ1v) is 19.4. The zero-order valence-electron chi connectivity index (χ0n) is 25.8. The molecule has 0 saturated heterocycles. The van der Waals surface area contributed by atoms with Crippen LogP contribution in [0.5, 0.6) is 0 Å². The van der Waals surface area contributed by atoms with Crippen molar-refractivity contribution >= 4 is 74.4 Å². The molecule has 5 heterocycles. The Balaban J connectivity index is 1.49. The van der Waals surface area contributed by atoms with E-state index >= 15 is 0 Å². The lowest BCUT2D eigenvalue weighted by molar-refractivity contribution is 0.481. The summed E-state index contributed by atoms with van der Waals surface area (Å²) < 4.78 is 93.0. The number of fused-ring (bicyclic) bond motifs is 20. The molecule has 0 fully saturated rings. The van der Waals surface area contributed by atoms with E-state index < -0.39 is 40.1 Å². The molecule has 0 radical (unpaired) electrons. The lowest BCUT2D eigenvalue weighted by Crippen LogP contribution is -2.11. The average Bonchev–Trinajstić information content (AvgIpc) is 3.82. The molecule has 7 aromatic rings. The summed E-state index contributed by atoms with van der Waals surface area (Å²) in [4.78, 5) is 33.5. The molecule has 52 heavy (non-hydrogen) atoms. The number of nitrogens with two attached hydrogens (primary N) is 1. The third-order valence-corrected chi connectivity index (χ3v) is 11.2. The number of nitrogens with one attached hydrogen (secondary N) is 2. The number of hydrogen-bond donors (Lipinski definition) is 5. The summed E-state index contributed by atoms with van der Waals surface area (Å²) in [6.07, 6.45) is 0. The second-order valence-electron chi connectivity index (χ2n) is 11.8. The van der Waals surface area contributed by atoms with E-state index in [4.69, 9.17) is 30.1 Å². The van der Waals surface area contributed by atoms with Crippen LogP contribution < -0.4 is 5.14 Å². The molecule has 20 heteroatoms. The van der Waals surface area contributed by atoms with Crippen molar-refractivity contribution in [3.05, 3.63) is 78.9 Å². The van der Waals surface area contributed by atoms with Crippen LogP contribution in [0.15, 0.2) is 93.5 Å². The first-order chi connectivity index (χ1) is 24.6. The van der Waals surface area contributed by atoms with Crippen molar-refractivity contribution in [1.82, 2.24) is 39.9 Å². The molecular weight excluding hydrogens is 735 g/mol. The first-order valence-electron chi connectivity index (χ1n) is 14.9. The number of rotatable bonds is 3. The van der Waals surface area contributed by atoms with Gasteiger partial charge in [-0.05, 0) is 54.6 Å². The summed E-state index contributed by atoms with van der Waals surface area (Å²) in [5, 5.41) is 6.82. The highest BCUT2D eigenvalue weighted by Gasteiger charge is 2.25. The fourth-order valence-electron chi connectivity index (χ4n) is 6.18. The van der Waals surface area contributed by atoms with Crippen molar-refractivity contribution in [2.45, 2.75) is 14.7 Å². The van der Waals surface area contributed by atoms with Gasteiger partial charge in [-0.15, -0.1) is 0 Å². The molecule has 3 aromatic heterocycles. The molecule has 0 amide bonds. The number of sulfonamides is 1. The third-order valence-electron chi connectivity index (χ3n) is 8.58. The van der Waals surface area contributed by atoms with Gasteiger partial charge in [-0.2, -0.15) is 16.8 Å². The second kappa shape index (κ2) is 10.7. The van der Waals surface area contributed by atoms with Gasteiger partial charge < -0.3 is 9.97 Å². The highest BCUT2D eigenvalue weighted by molar-refractivity contribution is 7.89. The maximum absolute atomic E-state index is 12.4. The van der Waals surface area contributed by atoms with Gasteiger partial charge in [-0.25, -0.2) is 43.5 Å². The number of aromatic amines is 2. The van der Waals surface area contributed by atoms with Crippen LogP contribution in [0.1, 0.15) is 0 Å². The quantitative estimate of drug-likeness (QED) is 0.160. The van der Waals surface area contributed by atoms with Crippen molar-refractivity contribution < 1.29 is 34.4 Å². The normalized spacial score (nSPS) is 13.0. The predicted octanol–water partition coefficient (Wildman–Crippen LogP) is 4.01. The number of benzene rings is 4. The molecule has 8 bridgehead atoms. The Bertz CT molecular complexity index is 3250. The van der Waals surface area contributed by atoms with Gasteiger partial charge in [-0.1, -0.05) is 24.3 Å². The fraction of sp³-hybridized carbons (Fsp3) is 0. The van der Waals surface area contributed by atoms with Gasteiger partial charge in [0, 0.05) is 43.8 Å². The third kappa shape index (κ3) is 5.12. The number of primary sulfonamides is 1. The number of hydrogen-bond acceptors (Lipinski definition) is 12. The predicted molar refractivity (Wildman–Crippen MR) is 187 cm³/mol. The zero-order valence-corrected chi connectivity index (χ0v) is 28.3. The Morgan fingerprint density at radius 2 is 0.827 bits per heavy atom. The minimum Gasteiger partial charge on any atom is -0.324 e. The Morgan fingerprint density at radius 3 is 1.31 bits per heavy atom. The Kier molecular flexibility index (Phi) is 6.59. The van der Waals surface area contributed by atoms with E-state index in [0.29, 0.717) is 32.8 Å². The first kappa shape index (κ1) is 31.9. The van der Waals surface area contributed by atoms with Crippen LogP contribution in [0.25, 0.3) is 89.7 Å². The van der Waals surface area contributed by atoms with Crippen LogP contribution >= 0.6 is 0 Å². The van der Waals surface area contributed by atoms with Gasteiger partial charge in [-0.3, -0.25) is 9.11 Å². The standard InChI is InChI=1S/C32H19N9O8S3/c33-50(42,43)14-5-8-19-22(11-14)30-36-26-18-4-2-1-3-17(18)25(34-26)35-27-20-9-6-15(51(44,45)46)12-23(20)31(37-27)40-29-21-10-7-16(52(47,48)49)13-24(21)32(41-29)39-28(19)38-30/h1-13H,(H2,33,42,43)(H,44,45,46)(H,47,48,49)(H2,34,35,36,37,38,39,40,41). The van der Waals surface area contributed by atoms with E-state index in [1.165, 1.54) is 48.5 Å². The van der Waals surface area contributed by atoms with Crippen molar-refractivity contribution in [3.63, 3.8) is 0 Å². The maximum atomic E-state index is 12.4.